The summed E-state index contributed by atoms with van der Waals surface area (Å²) in [5, 5.41) is 5.16. The molecule has 0 spiro atoms. The zero-order valence-electron chi connectivity index (χ0n) is 29.4. The molecule has 0 unspecified atom stereocenters. The van der Waals surface area contributed by atoms with E-state index in [2.05, 4.69) is 205 Å². The summed E-state index contributed by atoms with van der Waals surface area (Å²) < 4.78 is 2.59. The Balaban J connectivity index is 1.12. The van der Waals surface area contributed by atoms with Gasteiger partial charge in [-0.15, -0.1) is 11.3 Å². The van der Waals surface area contributed by atoms with Gasteiger partial charge in [-0.2, -0.15) is 0 Å². The Kier molecular flexibility index (Phi) is 7.11. The van der Waals surface area contributed by atoms with Crippen molar-refractivity contribution in [3.05, 3.63) is 200 Å². The summed E-state index contributed by atoms with van der Waals surface area (Å²) in [7, 11) is 0. The van der Waals surface area contributed by atoms with E-state index < -0.39 is 0 Å². The van der Waals surface area contributed by atoms with Crippen LogP contribution in [0.3, 0.4) is 0 Å². The first-order valence-corrected chi connectivity index (χ1v) is 19.3. The summed E-state index contributed by atoms with van der Waals surface area (Å²) in [4.78, 5) is 2.44. The molecule has 11 rings (SSSR count). The molecule has 0 fully saturated rings. The fourth-order valence-corrected chi connectivity index (χ4v) is 9.80. The molecule has 0 atom stereocenters. The number of anilines is 3. The van der Waals surface area contributed by atoms with E-state index in [1.165, 1.54) is 92.3 Å². The topological polar surface area (TPSA) is 3.24 Å². The van der Waals surface area contributed by atoms with Crippen molar-refractivity contribution in [2.45, 2.75) is 0 Å². The van der Waals surface area contributed by atoms with Crippen LogP contribution in [-0.2, 0) is 0 Å². The van der Waals surface area contributed by atoms with Crippen LogP contribution >= 0.6 is 11.3 Å². The van der Waals surface area contributed by atoms with E-state index in [4.69, 9.17) is 0 Å². The molecule has 54 heavy (non-hydrogen) atoms. The lowest BCUT2D eigenvalue weighted by atomic mass is 9.89. The van der Waals surface area contributed by atoms with Crippen LogP contribution in [-0.4, -0.2) is 0 Å². The average molecular weight is 704 g/mol. The maximum absolute atomic E-state index is 2.44. The molecule has 0 amide bonds. The summed E-state index contributed by atoms with van der Waals surface area (Å²) in [6.07, 6.45) is 0. The van der Waals surface area contributed by atoms with Crippen molar-refractivity contribution >= 4 is 59.3 Å². The molecule has 10 aromatic rings. The Bertz CT molecular complexity index is 2990. The van der Waals surface area contributed by atoms with E-state index >= 15 is 0 Å². The van der Waals surface area contributed by atoms with E-state index in [-0.39, 0.29) is 0 Å². The molecule has 1 aliphatic carbocycles. The molecule has 2 heteroatoms. The van der Waals surface area contributed by atoms with Gasteiger partial charge in [0.05, 0.1) is 10.4 Å². The van der Waals surface area contributed by atoms with E-state index in [0.717, 1.165) is 11.4 Å². The molecular formula is C52H33NS. The standard InChI is InChI=1S/C52H33NS/c1-2-13-34(14-3-1)35-27-29-37(30-28-35)53(49-25-12-24-48-44-21-8-9-26-50(44)54-52(48)49)38-16-10-15-36(33-38)39-31-32-47-43-20-7-5-18-41(43)40-17-4-6-19-42(40)46-23-11-22-45(39)51(46)47/h1-33H. The Morgan fingerprint density at radius 2 is 0.852 bits per heavy atom. The first kappa shape index (κ1) is 30.8. The first-order valence-electron chi connectivity index (χ1n) is 18.5. The van der Waals surface area contributed by atoms with Crippen LogP contribution in [0.2, 0.25) is 0 Å². The Labute approximate surface area is 318 Å². The van der Waals surface area contributed by atoms with Crippen molar-refractivity contribution < 1.29 is 0 Å². The number of thiophene rings is 1. The highest BCUT2D eigenvalue weighted by Gasteiger charge is 2.23. The number of nitrogens with zero attached hydrogens (tertiary/aromatic N) is 1. The lowest BCUT2D eigenvalue weighted by Gasteiger charge is -2.27. The van der Waals surface area contributed by atoms with Crippen LogP contribution in [0.4, 0.5) is 17.1 Å². The normalized spacial score (nSPS) is 11.7. The largest absolute Gasteiger partial charge is 0.309 e. The van der Waals surface area contributed by atoms with Crippen molar-refractivity contribution in [2.24, 2.45) is 0 Å². The molecular weight excluding hydrogens is 671 g/mol. The van der Waals surface area contributed by atoms with Crippen molar-refractivity contribution in [1.82, 2.24) is 0 Å². The van der Waals surface area contributed by atoms with E-state index in [1.807, 2.05) is 11.3 Å². The van der Waals surface area contributed by atoms with Gasteiger partial charge in [-0.3, -0.25) is 0 Å². The van der Waals surface area contributed by atoms with Gasteiger partial charge in [-0.05, 0) is 103 Å². The fraction of sp³-hybridized carbons (Fsp3) is 0. The number of hydrogen-bond donors (Lipinski definition) is 0. The number of rotatable bonds is 5. The van der Waals surface area contributed by atoms with Gasteiger partial charge in [0.15, 0.2) is 0 Å². The van der Waals surface area contributed by atoms with Gasteiger partial charge in [-0.25, -0.2) is 0 Å². The molecule has 1 nitrogen and oxygen atoms in total. The zero-order valence-corrected chi connectivity index (χ0v) is 30.2. The second kappa shape index (κ2) is 12.4. The minimum atomic E-state index is 1.12. The summed E-state index contributed by atoms with van der Waals surface area (Å²) in [5.41, 5.74) is 16.0. The van der Waals surface area contributed by atoms with Crippen LogP contribution in [0.1, 0.15) is 0 Å². The van der Waals surface area contributed by atoms with Gasteiger partial charge in [0.1, 0.15) is 0 Å². The maximum Gasteiger partial charge on any atom is 0.0640 e. The monoisotopic (exact) mass is 703 g/mol. The molecule has 1 aromatic heterocycles. The SMILES string of the molecule is c1ccc(-c2ccc(N(c3cccc(-c4ccc5c6c(cccc46)-c4ccccc4-c4ccccc4-5)c3)c3cccc4c3sc3ccccc34)cc2)cc1. The van der Waals surface area contributed by atoms with Gasteiger partial charge in [0.2, 0.25) is 0 Å². The van der Waals surface area contributed by atoms with Gasteiger partial charge in [0.25, 0.3) is 0 Å². The minimum Gasteiger partial charge on any atom is -0.309 e. The van der Waals surface area contributed by atoms with Gasteiger partial charge in [-0.1, -0.05) is 164 Å². The highest BCUT2D eigenvalue weighted by molar-refractivity contribution is 7.26. The third-order valence-electron chi connectivity index (χ3n) is 11.0. The van der Waals surface area contributed by atoms with E-state index in [0.29, 0.717) is 0 Å². The van der Waals surface area contributed by atoms with Crippen LogP contribution in [0.5, 0.6) is 0 Å². The lowest BCUT2D eigenvalue weighted by Crippen LogP contribution is -2.10. The summed E-state index contributed by atoms with van der Waals surface area (Å²) >= 11 is 1.87. The molecule has 1 heterocycles. The van der Waals surface area contributed by atoms with Crippen molar-refractivity contribution in [1.29, 1.82) is 0 Å². The summed E-state index contributed by atoms with van der Waals surface area (Å²) in [5.74, 6) is 0. The van der Waals surface area contributed by atoms with Crippen molar-refractivity contribution in [2.75, 3.05) is 4.90 Å². The highest BCUT2D eigenvalue weighted by Crippen LogP contribution is 2.50. The fourth-order valence-electron chi connectivity index (χ4n) is 8.59. The average Bonchev–Trinajstić information content (AvgIpc) is 3.58. The quantitative estimate of drug-likeness (QED) is 0.172. The molecule has 0 bridgehead atoms. The maximum atomic E-state index is 2.44. The predicted molar refractivity (Wildman–Crippen MR) is 232 cm³/mol. The van der Waals surface area contributed by atoms with Crippen molar-refractivity contribution in [3.8, 4) is 55.6 Å². The number of fused-ring (bicyclic) bond motifs is 8. The van der Waals surface area contributed by atoms with E-state index in [1.54, 1.807) is 0 Å². The lowest BCUT2D eigenvalue weighted by molar-refractivity contribution is 1.30. The molecule has 0 radical (unpaired) electrons. The van der Waals surface area contributed by atoms with E-state index in [9.17, 15) is 0 Å². The van der Waals surface area contributed by atoms with Gasteiger partial charge < -0.3 is 4.90 Å². The molecule has 1 aliphatic rings. The second-order valence-corrected chi connectivity index (χ2v) is 15.1. The summed E-state index contributed by atoms with van der Waals surface area (Å²) in [6.45, 7) is 0. The molecule has 0 aliphatic heterocycles. The zero-order chi connectivity index (χ0) is 35.6. The minimum absolute atomic E-state index is 1.12. The van der Waals surface area contributed by atoms with Gasteiger partial charge in [0, 0.05) is 26.8 Å². The van der Waals surface area contributed by atoms with Crippen LogP contribution in [0.15, 0.2) is 200 Å². The van der Waals surface area contributed by atoms with Crippen LogP contribution in [0, 0.1) is 0 Å². The Morgan fingerprint density at radius 1 is 0.315 bits per heavy atom. The summed E-state index contributed by atoms with van der Waals surface area (Å²) in [6, 6.07) is 73.5. The molecule has 0 saturated carbocycles. The number of benzene rings is 9. The third kappa shape index (κ3) is 4.85. The predicted octanol–water partition coefficient (Wildman–Crippen LogP) is 15.3. The Hall–Kier alpha value is -6.74. The number of hydrogen-bond acceptors (Lipinski definition) is 2. The highest BCUT2D eigenvalue weighted by atomic mass is 32.1. The molecule has 0 N–H and O–H groups in total. The smallest absolute Gasteiger partial charge is 0.0640 e. The molecule has 252 valence electrons. The second-order valence-electron chi connectivity index (χ2n) is 14.0. The van der Waals surface area contributed by atoms with Crippen LogP contribution in [0.25, 0.3) is 86.6 Å². The third-order valence-corrected chi connectivity index (χ3v) is 12.2. The molecule has 9 aromatic carbocycles. The van der Waals surface area contributed by atoms with Gasteiger partial charge >= 0.3 is 0 Å². The molecule has 0 saturated heterocycles. The first-order chi connectivity index (χ1) is 26.8. The Morgan fingerprint density at radius 3 is 1.63 bits per heavy atom. The van der Waals surface area contributed by atoms with Crippen LogP contribution < -0.4 is 4.90 Å². The van der Waals surface area contributed by atoms with Crippen molar-refractivity contribution in [3.63, 3.8) is 0 Å².